The van der Waals surface area contributed by atoms with Crippen molar-refractivity contribution < 1.29 is 13.2 Å². The summed E-state index contributed by atoms with van der Waals surface area (Å²) in [6, 6.07) is 5.28. The summed E-state index contributed by atoms with van der Waals surface area (Å²) in [4.78, 5) is 12.4. The Hall–Kier alpha value is -1.56. The maximum Gasteiger partial charge on any atom is 0.251 e. The van der Waals surface area contributed by atoms with E-state index >= 15 is 0 Å². The predicted molar refractivity (Wildman–Crippen MR) is 97.9 cm³/mol. The minimum absolute atomic E-state index is 0.0977. The molecule has 1 heterocycles. The molecule has 1 aromatic carbocycles. The summed E-state index contributed by atoms with van der Waals surface area (Å²) in [6.45, 7) is 8.24. The van der Waals surface area contributed by atoms with Gasteiger partial charge in [-0.25, -0.2) is 8.42 Å². The number of rotatable bonds is 6. The van der Waals surface area contributed by atoms with Crippen molar-refractivity contribution in [1.29, 1.82) is 0 Å². The molecular weight excluding hydrogens is 324 g/mol. The predicted octanol–water partition coefficient (Wildman–Crippen LogP) is 2.95. The molecule has 134 valence electrons. The first kappa shape index (κ1) is 18.8. The van der Waals surface area contributed by atoms with Gasteiger partial charge in [0.25, 0.3) is 5.91 Å². The molecule has 5 nitrogen and oxygen atoms in total. The van der Waals surface area contributed by atoms with Crippen LogP contribution < -0.4 is 9.62 Å². The van der Waals surface area contributed by atoms with E-state index in [4.69, 9.17) is 0 Å². The Labute approximate surface area is 145 Å². The lowest BCUT2D eigenvalue weighted by Gasteiger charge is -2.22. The van der Waals surface area contributed by atoms with E-state index in [-0.39, 0.29) is 18.0 Å². The first-order valence-electron chi connectivity index (χ1n) is 8.52. The van der Waals surface area contributed by atoms with Crippen LogP contribution in [-0.2, 0) is 16.4 Å². The van der Waals surface area contributed by atoms with E-state index < -0.39 is 10.0 Å². The summed E-state index contributed by atoms with van der Waals surface area (Å²) < 4.78 is 25.3. The second-order valence-electron chi connectivity index (χ2n) is 7.30. The van der Waals surface area contributed by atoms with Crippen molar-refractivity contribution in [3.8, 4) is 0 Å². The van der Waals surface area contributed by atoms with Gasteiger partial charge in [-0.3, -0.25) is 9.10 Å². The highest BCUT2D eigenvalue weighted by Gasteiger charge is 2.32. The molecule has 0 fully saturated rings. The van der Waals surface area contributed by atoms with Crippen molar-refractivity contribution in [1.82, 2.24) is 5.32 Å². The Morgan fingerprint density at radius 3 is 2.54 bits per heavy atom. The normalized spacial score (nSPS) is 18.6. The summed E-state index contributed by atoms with van der Waals surface area (Å²) in [7, 11) is -3.30. The van der Waals surface area contributed by atoms with Crippen LogP contribution in [0.15, 0.2) is 18.2 Å². The van der Waals surface area contributed by atoms with Gasteiger partial charge in [0, 0.05) is 17.6 Å². The van der Waals surface area contributed by atoms with Crippen molar-refractivity contribution in [3.63, 3.8) is 0 Å². The van der Waals surface area contributed by atoms with Gasteiger partial charge in [0.1, 0.15) is 0 Å². The third kappa shape index (κ3) is 4.29. The maximum absolute atomic E-state index is 12.4. The van der Waals surface area contributed by atoms with Gasteiger partial charge in [-0.05, 0) is 62.8 Å². The molecule has 0 spiro atoms. The number of carbonyl (C=O) groups is 1. The molecule has 0 saturated carbocycles. The van der Waals surface area contributed by atoms with Crippen LogP contribution in [0.3, 0.4) is 0 Å². The number of amides is 1. The Morgan fingerprint density at radius 1 is 1.29 bits per heavy atom. The fourth-order valence-corrected chi connectivity index (χ4v) is 4.48. The van der Waals surface area contributed by atoms with E-state index in [1.807, 2.05) is 19.9 Å². The van der Waals surface area contributed by atoms with Gasteiger partial charge in [-0.2, -0.15) is 0 Å². The lowest BCUT2D eigenvalue weighted by molar-refractivity contribution is 0.0937. The number of nitrogens with one attached hydrogen (secondary N) is 1. The zero-order valence-corrected chi connectivity index (χ0v) is 16.0. The summed E-state index contributed by atoms with van der Waals surface area (Å²) >= 11 is 0. The van der Waals surface area contributed by atoms with Gasteiger partial charge in [-0.1, -0.05) is 13.8 Å². The average molecular weight is 353 g/mol. The second kappa shape index (κ2) is 7.13. The highest BCUT2D eigenvalue weighted by molar-refractivity contribution is 7.92. The van der Waals surface area contributed by atoms with Crippen LogP contribution in [0, 0.1) is 5.92 Å². The molecule has 6 heteroatoms. The lowest BCUT2D eigenvalue weighted by Crippen LogP contribution is -2.34. The molecule has 2 unspecified atom stereocenters. The molecule has 1 aliphatic rings. The molecule has 1 aliphatic heterocycles. The second-order valence-corrected chi connectivity index (χ2v) is 9.16. The molecule has 1 amide bonds. The molecule has 0 aliphatic carbocycles. The Balaban J connectivity index is 2.12. The highest BCUT2D eigenvalue weighted by Crippen LogP contribution is 2.34. The number of fused-ring (bicyclic) bond motifs is 1. The smallest absolute Gasteiger partial charge is 0.251 e. The summed E-state index contributed by atoms with van der Waals surface area (Å²) in [5, 5.41) is 3.02. The molecule has 0 radical (unpaired) electrons. The SMILES string of the molecule is CC(C)CCC(C)NC(=O)c1ccc2c(c1)CC(C)N2S(C)(=O)=O. The third-order valence-electron chi connectivity index (χ3n) is 4.41. The van der Waals surface area contributed by atoms with Crippen LogP contribution >= 0.6 is 0 Å². The number of nitrogens with zero attached hydrogens (tertiary/aromatic N) is 1. The van der Waals surface area contributed by atoms with Crippen molar-refractivity contribution >= 4 is 21.6 Å². The van der Waals surface area contributed by atoms with E-state index in [9.17, 15) is 13.2 Å². The van der Waals surface area contributed by atoms with E-state index in [0.717, 1.165) is 18.4 Å². The van der Waals surface area contributed by atoms with Gasteiger partial charge in [0.05, 0.1) is 11.9 Å². The maximum atomic E-state index is 12.4. The molecule has 2 rings (SSSR count). The van der Waals surface area contributed by atoms with Gasteiger partial charge in [0.2, 0.25) is 10.0 Å². The topological polar surface area (TPSA) is 66.5 Å². The van der Waals surface area contributed by atoms with E-state index in [0.29, 0.717) is 23.6 Å². The van der Waals surface area contributed by atoms with Gasteiger partial charge in [-0.15, -0.1) is 0 Å². The fraction of sp³-hybridized carbons (Fsp3) is 0.611. The molecule has 0 aromatic heterocycles. The molecule has 2 atom stereocenters. The Bertz CT molecular complexity index is 713. The van der Waals surface area contributed by atoms with Crippen LogP contribution in [0.25, 0.3) is 0 Å². The van der Waals surface area contributed by atoms with Crippen LogP contribution in [0.5, 0.6) is 0 Å². The van der Waals surface area contributed by atoms with Gasteiger partial charge in [0.15, 0.2) is 0 Å². The minimum atomic E-state index is -3.30. The molecule has 24 heavy (non-hydrogen) atoms. The number of anilines is 1. The molecule has 0 bridgehead atoms. The van der Waals surface area contributed by atoms with Crippen molar-refractivity contribution in [2.75, 3.05) is 10.6 Å². The Morgan fingerprint density at radius 2 is 1.96 bits per heavy atom. The summed E-state index contributed by atoms with van der Waals surface area (Å²) in [6.07, 6.45) is 3.88. The number of carbonyl (C=O) groups excluding carboxylic acids is 1. The largest absolute Gasteiger partial charge is 0.350 e. The standard InChI is InChI=1S/C18H28N2O3S/c1-12(2)6-7-13(3)19-18(21)15-8-9-17-16(11-15)10-14(4)20(17)24(5,22)23/h8-9,11-14H,6-7,10H2,1-5H3,(H,19,21). The summed E-state index contributed by atoms with van der Waals surface area (Å²) in [5.74, 6) is 0.521. The van der Waals surface area contributed by atoms with Gasteiger partial charge >= 0.3 is 0 Å². The average Bonchev–Trinajstić information content (AvgIpc) is 2.79. The zero-order chi connectivity index (χ0) is 18.1. The highest BCUT2D eigenvalue weighted by atomic mass is 32.2. The van der Waals surface area contributed by atoms with Crippen molar-refractivity contribution in [2.24, 2.45) is 5.92 Å². The summed E-state index contributed by atoms with van der Waals surface area (Å²) in [5.41, 5.74) is 2.19. The fourth-order valence-electron chi connectivity index (χ4n) is 3.21. The van der Waals surface area contributed by atoms with Crippen molar-refractivity contribution in [3.05, 3.63) is 29.3 Å². The van der Waals surface area contributed by atoms with E-state index in [1.165, 1.54) is 10.6 Å². The molecule has 0 saturated heterocycles. The number of sulfonamides is 1. The monoisotopic (exact) mass is 352 g/mol. The van der Waals surface area contributed by atoms with E-state index in [2.05, 4.69) is 19.2 Å². The van der Waals surface area contributed by atoms with Gasteiger partial charge < -0.3 is 5.32 Å². The quantitative estimate of drug-likeness (QED) is 0.856. The molecule has 1 aromatic rings. The number of hydrogen-bond acceptors (Lipinski definition) is 3. The molecule has 1 N–H and O–H groups in total. The number of hydrogen-bond donors (Lipinski definition) is 1. The minimum Gasteiger partial charge on any atom is -0.350 e. The van der Waals surface area contributed by atoms with Crippen LogP contribution in [0.2, 0.25) is 0 Å². The molecular formula is C18H28N2O3S. The lowest BCUT2D eigenvalue weighted by atomic mass is 10.0. The number of benzene rings is 1. The van der Waals surface area contributed by atoms with E-state index in [1.54, 1.807) is 12.1 Å². The van der Waals surface area contributed by atoms with Crippen LogP contribution in [-0.4, -0.2) is 32.7 Å². The van der Waals surface area contributed by atoms with Crippen LogP contribution in [0.1, 0.15) is 56.5 Å². The van der Waals surface area contributed by atoms with Crippen LogP contribution in [0.4, 0.5) is 5.69 Å². The first-order chi connectivity index (χ1) is 11.1. The third-order valence-corrected chi connectivity index (χ3v) is 5.68. The first-order valence-corrected chi connectivity index (χ1v) is 10.4. The van der Waals surface area contributed by atoms with Crippen molar-refractivity contribution in [2.45, 2.75) is 59.0 Å². The zero-order valence-electron chi connectivity index (χ0n) is 15.2. The Kier molecular flexibility index (Phi) is 5.58.